The maximum absolute atomic E-state index is 2.52. The van der Waals surface area contributed by atoms with Crippen molar-refractivity contribution in [3.05, 3.63) is 212 Å². The second-order valence-electron chi connectivity index (χ2n) is 15.9. The van der Waals surface area contributed by atoms with Crippen molar-refractivity contribution in [2.45, 2.75) is 0 Å². The van der Waals surface area contributed by atoms with Crippen molar-refractivity contribution in [2.75, 3.05) is 0 Å². The minimum atomic E-state index is 0.103. The topological polar surface area (TPSA) is 4.93 Å². The second-order valence-corrected chi connectivity index (χ2v) is 18.1. The molecule has 13 rings (SSSR count). The molecule has 2 heteroatoms. The number of para-hydroxylation sites is 2. The molecule has 0 spiro atoms. The van der Waals surface area contributed by atoms with E-state index in [4.69, 9.17) is 0 Å². The first-order valence-corrected chi connectivity index (χ1v) is 22.4. The molecular weight excluding hydrogens is 790 g/mol. The molecule has 13 aromatic rings. The van der Waals surface area contributed by atoms with Gasteiger partial charge in [0.25, 0.3) is 0 Å². The van der Waals surface area contributed by atoms with Crippen LogP contribution in [-0.4, -0.2) is 19.1 Å². The van der Waals surface area contributed by atoms with Crippen LogP contribution in [0, 0.1) is 0 Å². The summed E-state index contributed by atoms with van der Waals surface area (Å²) in [7, 11) is 0. The van der Waals surface area contributed by atoms with Gasteiger partial charge in [0.1, 0.15) is 0 Å². The second kappa shape index (κ2) is 13.1. The van der Waals surface area contributed by atoms with Crippen molar-refractivity contribution >= 4 is 98.7 Å². The van der Waals surface area contributed by atoms with Gasteiger partial charge in [0.2, 0.25) is 0 Å². The fourth-order valence-electron chi connectivity index (χ4n) is 10.3. The van der Waals surface area contributed by atoms with E-state index in [2.05, 4.69) is 217 Å². The Morgan fingerprint density at radius 1 is 0.283 bits per heavy atom. The Labute approximate surface area is 352 Å². The number of hydrogen-bond donors (Lipinski definition) is 0. The van der Waals surface area contributed by atoms with Crippen LogP contribution in [0.5, 0.6) is 0 Å². The number of rotatable bonds is 4. The molecule has 0 saturated carbocycles. The van der Waals surface area contributed by atoms with Gasteiger partial charge in [-0.25, -0.2) is 0 Å². The third kappa shape index (κ3) is 4.81. The predicted molar refractivity (Wildman–Crippen MR) is 259 cm³/mol. The molecular formula is C58H35NSe. The fraction of sp³-hybridized carbons (Fsp3) is 0. The van der Waals surface area contributed by atoms with Gasteiger partial charge in [-0.2, -0.15) is 0 Å². The number of hydrogen-bond acceptors (Lipinski definition) is 0. The van der Waals surface area contributed by atoms with Gasteiger partial charge in [-0.3, -0.25) is 0 Å². The standard InChI is InChI=1S/C58H35NSe/c1-2-17-36(18-3-1)54-41-21-4-6-23-43(41)56(44-24-7-5-22-42(44)54)50-30-16-29-49-40-34-33-37(35-53(40)60-58(49)50)55-45-25-8-10-27-47(45)57(48-28-11-9-26-46(48)55)59-51-31-14-12-19-38(51)39-20-13-15-32-52(39)59/h1-35H. The van der Waals surface area contributed by atoms with Crippen LogP contribution >= 0.6 is 0 Å². The predicted octanol–water partition coefficient (Wildman–Crippen LogP) is 15.8. The zero-order valence-corrected chi connectivity index (χ0v) is 34.3. The molecule has 11 aromatic carbocycles. The zero-order chi connectivity index (χ0) is 39.3. The van der Waals surface area contributed by atoms with Gasteiger partial charge >= 0.3 is 355 Å². The van der Waals surface area contributed by atoms with Crippen molar-refractivity contribution in [2.24, 2.45) is 0 Å². The van der Waals surface area contributed by atoms with Gasteiger partial charge < -0.3 is 0 Å². The molecule has 0 amide bonds. The first-order valence-electron chi connectivity index (χ1n) is 20.7. The molecule has 60 heavy (non-hydrogen) atoms. The fourth-order valence-corrected chi connectivity index (χ4v) is 13.0. The van der Waals surface area contributed by atoms with Gasteiger partial charge in [0, 0.05) is 0 Å². The van der Waals surface area contributed by atoms with Crippen LogP contribution < -0.4 is 0 Å². The summed E-state index contributed by atoms with van der Waals surface area (Å²) >= 11 is 0.103. The summed E-state index contributed by atoms with van der Waals surface area (Å²) < 4.78 is 5.41. The van der Waals surface area contributed by atoms with Crippen LogP contribution in [0.25, 0.3) is 123 Å². The summed E-state index contributed by atoms with van der Waals surface area (Å²) in [5.74, 6) is 0. The Morgan fingerprint density at radius 2 is 0.717 bits per heavy atom. The van der Waals surface area contributed by atoms with Crippen molar-refractivity contribution in [3.63, 3.8) is 0 Å². The molecule has 0 saturated heterocycles. The van der Waals surface area contributed by atoms with E-state index in [9.17, 15) is 0 Å². The third-order valence-electron chi connectivity index (χ3n) is 12.8. The molecule has 0 bridgehead atoms. The van der Waals surface area contributed by atoms with Gasteiger partial charge in [-0.1, -0.05) is 0 Å². The van der Waals surface area contributed by atoms with Crippen LogP contribution in [0.1, 0.15) is 0 Å². The minimum absolute atomic E-state index is 0.103. The maximum atomic E-state index is 2.52. The normalized spacial score (nSPS) is 12.0. The van der Waals surface area contributed by atoms with Crippen LogP contribution in [0.4, 0.5) is 0 Å². The number of fused-ring (bicyclic) bond motifs is 10. The van der Waals surface area contributed by atoms with Crippen molar-refractivity contribution in [1.82, 2.24) is 4.57 Å². The van der Waals surface area contributed by atoms with Gasteiger partial charge in [0.05, 0.1) is 0 Å². The Balaban J connectivity index is 1.07. The summed E-state index contributed by atoms with van der Waals surface area (Å²) in [6.45, 7) is 0. The van der Waals surface area contributed by atoms with Gasteiger partial charge in [0.15, 0.2) is 0 Å². The van der Waals surface area contributed by atoms with Gasteiger partial charge in [-0.05, 0) is 0 Å². The van der Waals surface area contributed by atoms with E-state index in [1.165, 1.54) is 123 Å². The van der Waals surface area contributed by atoms with Crippen molar-refractivity contribution in [3.8, 4) is 39.1 Å². The third-order valence-corrected chi connectivity index (χ3v) is 15.3. The first kappa shape index (κ1) is 33.7. The summed E-state index contributed by atoms with van der Waals surface area (Å²) in [6.07, 6.45) is 0. The van der Waals surface area contributed by atoms with E-state index < -0.39 is 0 Å². The number of benzene rings is 11. The molecule has 0 unspecified atom stereocenters. The van der Waals surface area contributed by atoms with E-state index in [0.29, 0.717) is 0 Å². The first-order chi connectivity index (χ1) is 29.8. The molecule has 0 aliphatic heterocycles. The summed E-state index contributed by atoms with van der Waals surface area (Å²) in [6, 6.07) is 79.0. The summed E-state index contributed by atoms with van der Waals surface area (Å²) in [4.78, 5) is 0. The van der Waals surface area contributed by atoms with Crippen LogP contribution in [0.3, 0.4) is 0 Å². The Bertz CT molecular complexity index is 3720. The Hall–Kier alpha value is -7.22. The Morgan fingerprint density at radius 3 is 1.28 bits per heavy atom. The average Bonchev–Trinajstić information content (AvgIpc) is 3.86. The van der Waals surface area contributed by atoms with Crippen LogP contribution in [0.2, 0.25) is 0 Å². The summed E-state index contributed by atoms with van der Waals surface area (Å²) in [5.41, 5.74) is 11.5. The monoisotopic (exact) mass is 825 g/mol. The molecule has 0 radical (unpaired) electrons. The van der Waals surface area contributed by atoms with E-state index in [1.54, 1.807) is 0 Å². The zero-order valence-electron chi connectivity index (χ0n) is 32.6. The molecule has 1 nitrogen and oxygen atoms in total. The molecule has 0 N–H and O–H groups in total. The Kier molecular flexibility index (Phi) is 7.39. The molecule has 278 valence electrons. The summed E-state index contributed by atoms with van der Waals surface area (Å²) in [5, 5.41) is 15.5. The van der Waals surface area contributed by atoms with E-state index >= 15 is 0 Å². The molecule has 0 atom stereocenters. The van der Waals surface area contributed by atoms with E-state index in [0.717, 1.165) is 0 Å². The molecule has 0 aliphatic carbocycles. The number of aromatic nitrogens is 1. The van der Waals surface area contributed by atoms with Crippen molar-refractivity contribution in [1.29, 1.82) is 0 Å². The molecule has 2 heterocycles. The quantitative estimate of drug-likeness (QED) is 0.123. The molecule has 2 aromatic heterocycles. The SMILES string of the molecule is c1ccc(-c2c3ccccc3c(-c3cccc4c3[se]c3cc(-c5c6ccccc6c(-n6c7ccccc7c7ccccc76)c6ccccc56)ccc34)c3ccccc23)cc1. The van der Waals surface area contributed by atoms with Crippen LogP contribution in [0.15, 0.2) is 212 Å². The van der Waals surface area contributed by atoms with Crippen molar-refractivity contribution < 1.29 is 0 Å². The average molecular weight is 825 g/mol. The van der Waals surface area contributed by atoms with E-state index in [-0.39, 0.29) is 14.5 Å². The van der Waals surface area contributed by atoms with E-state index in [1.807, 2.05) is 0 Å². The molecule has 0 aliphatic rings. The van der Waals surface area contributed by atoms with Gasteiger partial charge in [-0.15, -0.1) is 0 Å². The van der Waals surface area contributed by atoms with Crippen LogP contribution in [-0.2, 0) is 0 Å². The number of nitrogens with zero attached hydrogens (tertiary/aromatic N) is 1. The molecule has 0 fully saturated rings.